The van der Waals surface area contributed by atoms with Gasteiger partial charge in [0.25, 0.3) is 0 Å². The predicted molar refractivity (Wildman–Crippen MR) is 182 cm³/mol. The molecule has 0 aromatic heterocycles. The number of hydrogen-bond acceptors (Lipinski definition) is 5. The van der Waals surface area contributed by atoms with E-state index in [9.17, 15) is 4.79 Å². The minimum atomic E-state index is -0.179. The highest BCUT2D eigenvalue weighted by molar-refractivity contribution is 5.69. The fraction of sp³-hybridized carbons (Fsp3) is 0.611. The predicted octanol–water partition coefficient (Wildman–Crippen LogP) is 10.8. The van der Waals surface area contributed by atoms with E-state index in [4.69, 9.17) is 14.3 Å². The Morgan fingerprint density at radius 3 is 0.927 bits per heavy atom. The minimum absolute atomic E-state index is 0.0366. The van der Waals surface area contributed by atoms with Crippen molar-refractivity contribution in [1.82, 2.24) is 0 Å². The fourth-order valence-electron chi connectivity index (χ4n) is 1.35. The molecule has 0 aliphatic heterocycles. The van der Waals surface area contributed by atoms with Gasteiger partial charge in [-0.2, -0.15) is 0 Å². The van der Waals surface area contributed by atoms with Crippen molar-refractivity contribution in [3.63, 3.8) is 0 Å². The smallest absolute Gasteiger partial charge is 0.305 e. The van der Waals surface area contributed by atoms with Crippen molar-refractivity contribution >= 4 is 12.0 Å². The molecule has 2 aromatic carbocycles. The van der Waals surface area contributed by atoms with Gasteiger partial charge in [-0.3, -0.25) is 4.79 Å². The van der Waals surface area contributed by atoms with Crippen molar-refractivity contribution < 1.29 is 19.1 Å². The van der Waals surface area contributed by atoms with Gasteiger partial charge < -0.3 is 9.47 Å². The van der Waals surface area contributed by atoms with Crippen LogP contribution in [0.5, 0.6) is 0 Å². The number of methoxy groups -OCH3 is 1. The number of esters is 1. The lowest BCUT2D eigenvalue weighted by atomic mass is 10.2. The first-order valence-corrected chi connectivity index (χ1v) is 15.0. The maximum atomic E-state index is 10.8. The first-order valence-electron chi connectivity index (χ1n) is 15.0. The molecular weight excluding hydrogens is 510 g/mol. The summed E-state index contributed by atoms with van der Waals surface area (Å²) in [5.74, 6) is 1.49. The number of benzene rings is 2. The molecule has 0 fully saturated rings. The summed E-state index contributed by atoms with van der Waals surface area (Å²) >= 11 is 0. The van der Waals surface area contributed by atoms with Crippen molar-refractivity contribution in [2.75, 3.05) is 14.2 Å². The molecule has 2 rings (SSSR count). The molecule has 0 radical (unpaired) electrons. The monoisotopic (exact) mass is 578 g/mol. The maximum absolute atomic E-state index is 10.8. The molecule has 0 saturated heterocycles. The molecule has 0 aliphatic carbocycles. The van der Waals surface area contributed by atoms with Crippen molar-refractivity contribution in [2.45, 2.75) is 121 Å². The number of nitrogens with zero attached hydrogens (tertiary/aromatic N) is 1. The highest BCUT2D eigenvalue weighted by Gasteiger charge is 2.14. The third-order valence-electron chi connectivity index (χ3n) is 3.06. The Hall–Kier alpha value is -2.75. The van der Waals surface area contributed by atoms with E-state index in [-0.39, 0.29) is 18.2 Å². The average molecular weight is 578 g/mol. The molecule has 0 spiro atoms. The zero-order chi connectivity index (χ0) is 33.3. The second kappa shape index (κ2) is 50.1. The molecular formula is C36H67NO4. The van der Waals surface area contributed by atoms with Crippen LogP contribution in [0.25, 0.3) is 0 Å². The van der Waals surface area contributed by atoms with Gasteiger partial charge in [0, 0.05) is 20.6 Å². The summed E-state index contributed by atoms with van der Waals surface area (Å²) in [7, 11) is 2.98. The van der Waals surface area contributed by atoms with Gasteiger partial charge in [0.2, 0.25) is 6.08 Å². The Kier molecular flexibility index (Phi) is 62.4. The van der Waals surface area contributed by atoms with Crippen LogP contribution in [0.4, 0.5) is 0 Å². The highest BCUT2D eigenvalue weighted by Crippen LogP contribution is 2.02. The fourth-order valence-corrected chi connectivity index (χ4v) is 1.35. The number of hydrogen-bond donors (Lipinski definition) is 0. The van der Waals surface area contributed by atoms with Gasteiger partial charge in [-0.1, -0.05) is 162 Å². The van der Waals surface area contributed by atoms with Gasteiger partial charge in [0.05, 0.1) is 6.10 Å². The van der Waals surface area contributed by atoms with E-state index in [0.29, 0.717) is 6.42 Å². The molecule has 0 N–H and O–H groups in total. The van der Waals surface area contributed by atoms with E-state index < -0.39 is 0 Å². The zero-order valence-corrected chi connectivity index (χ0v) is 29.4. The van der Waals surface area contributed by atoms with Crippen LogP contribution in [0.2, 0.25) is 0 Å². The van der Waals surface area contributed by atoms with E-state index in [0.717, 1.165) is 11.8 Å². The van der Waals surface area contributed by atoms with Gasteiger partial charge in [-0.05, 0) is 25.7 Å². The molecule has 2 aromatic rings. The van der Waals surface area contributed by atoms with Crippen molar-refractivity contribution in [1.29, 1.82) is 0 Å². The average Bonchev–Trinajstić information content (AvgIpc) is 2.95. The standard InChI is InChI=1S/C8H16O3.2C6H6.2C4H10.2C3H8.C2H3NO/c1-5-8(9)11-7(3)6(2)10-4;2*1-2-4-6-5-3-1;2*1-4(2)3;2*1-3-2;1-3-2-4/h6-7H,5H2,1-4H3;2*1-6H;2*4H,1-3H3;2*3H2,1-2H3;1H3. The summed E-state index contributed by atoms with van der Waals surface area (Å²) in [6.45, 7) is 27.0. The molecule has 2 unspecified atom stereocenters. The Balaban J connectivity index is -0.0000000897. The molecule has 2 atom stereocenters. The number of aliphatic imine (C=N–C) groups is 1. The van der Waals surface area contributed by atoms with E-state index in [2.05, 4.69) is 74.2 Å². The number of carbonyl (C=O) groups excluding carboxylic acids is 2. The molecule has 0 bridgehead atoms. The topological polar surface area (TPSA) is 65.0 Å². The van der Waals surface area contributed by atoms with Crippen LogP contribution in [0.1, 0.15) is 109 Å². The molecule has 5 nitrogen and oxygen atoms in total. The van der Waals surface area contributed by atoms with Crippen LogP contribution in [0.15, 0.2) is 77.8 Å². The maximum Gasteiger partial charge on any atom is 0.305 e. The van der Waals surface area contributed by atoms with Crippen molar-refractivity contribution in [2.24, 2.45) is 16.8 Å². The quantitative estimate of drug-likeness (QED) is 0.206. The molecule has 0 heterocycles. The SMILES string of the molecule is CC(C)C.CC(C)C.CCC.CCC.CCC(=O)OC(C)C(C)OC.CN=C=O.c1ccccc1.c1ccccc1. The van der Waals surface area contributed by atoms with Crippen LogP contribution in [0.3, 0.4) is 0 Å². The second-order valence-electron chi connectivity index (χ2n) is 9.99. The van der Waals surface area contributed by atoms with Crippen molar-refractivity contribution in [3.05, 3.63) is 72.8 Å². The molecule has 0 aliphatic rings. The van der Waals surface area contributed by atoms with Gasteiger partial charge in [-0.15, -0.1) is 0 Å². The lowest BCUT2D eigenvalue weighted by Gasteiger charge is -2.18. The summed E-state index contributed by atoms with van der Waals surface area (Å²) in [6, 6.07) is 24.0. The van der Waals surface area contributed by atoms with Crippen LogP contribution in [-0.4, -0.2) is 38.4 Å². The highest BCUT2D eigenvalue weighted by atomic mass is 16.6. The molecule has 41 heavy (non-hydrogen) atoms. The largest absolute Gasteiger partial charge is 0.460 e. The third-order valence-corrected chi connectivity index (χ3v) is 3.06. The summed E-state index contributed by atoms with van der Waals surface area (Å²) in [4.78, 5) is 22.6. The van der Waals surface area contributed by atoms with Crippen LogP contribution >= 0.6 is 0 Å². The van der Waals surface area contributed by atoms with Gasteiger partial charge in [-0.25, -0.2) is 9.79 Å². The lowest BCUT2D eigenvalue weighted by Crippen LogP contribution is -2.27. The second-order valence-corrected chi connectivity index (χ2v) is 9.99. The van der Waals surface area contributed by atoms with E-state index >= 15 is 0 Å². The van der Waals surface area contributed by atoms with Crippen molar-refractivity contribution in [3.8, 4) is 0 Å². The molecule has 0 amide bonds. The Labute approximate surface area is 256 Å². The molecule has 240 valence electrons. The lowest BCUT2D eigenvalue weighted by molar-refractivity contribution is -0.153. The molecule has 0 saturated carbocycles. The van der Waals surface area contributed by atoms with E-state index in [1.165, 1.54) is 26.0 Å². The molecule has 5 heteroatoms. The normalized spacial score (nSPS) is 9.59. The number of carbonyl (C=O) groups is 1. The Morgan fingerprint density at radius 1 is 0.610 bits per heavy atom. The van der Waals surface area contributed by atoms with E-state index in [1.807, 2.05) is 86.6 Å². The van der Waals surface area contributed by atoms with Gasteiger partial charge in [0.1, 0.15) is 6.10 Å². The third kappa shape index (κ3) is 93.5. The zero-order valence-electron chi connectivity index (χ0n) is 29.4. The van der Waals surface area contributed by atoms with Gasteiger partial charge in [0.15, 0.2) is 0 Å². The van der Waals surface area contributed by atoms with Crippen LogP contribution in [0, 0.1) is 11.8 Å². The number of ether oxygens (including phenoxy) is 2. The summed E-state index contributed by atoms with van der Waals surface area (Å²) in [6.07, 6.45) is 4.03. The van der Waals surface area contributed by atoms with Gasteiger partial charge >= 0.3 is 5.97 Å². The summed E-state index contributed by atoms with van der Waals surface area (Å²) in [5.41, 5.74) is 0. The Morgan fingerprint density at radius 2 is 0.805 bits per heavy atom. The summed E-state index contributed by atoms with van der Waals surface area (Å²) < 4.78 is 9.97. The van der Waals surface area contributed by atoms with Crippen LogP contribution in [-0.2, 0) is 19.1 Å². The van der Waals surface area contributed by atoms with E-state index in [1.54, 1.807) is 14.0 Å². The minimum Gasteiger partial charge on any atom is -0.460 e. The Bertz CT molecular complexity index is 602. The summed E-state index contributed by atoms with van der Waals surface area (Å²) in [5, 5.41) is 0. The first kappa shape index (κ1) is 51.0. The van der Waals surface area contributed by atoms with Crippen LogP contribution < -0.4 is 0 Å². The number of isocyanates is 1. The number of rotatable bonds is 4. The first-order chi connectivity index (χ1) is 19.3.